The monoisotopic (exact) mass is 425 g/mol. The molecule has 1 aromatic carbocycles. The van der Waals surface area contributed by atoms with Crippen LogP contribution < -0.4 is 10.1 Å². The van der Waals surface area contributed by atoms with Crippen molar-refractivity contribution in [1.29, 1.82) is 0 Å². The molecule has 1 heterocycles. The molecule has 1 unspecified atom stereocenters. The normalized spacial score (nSPS) is 16.5. The molecule has 162 valence electrons. The minimum absolute atomic E-state index is 0.0621. The Morgan fingerprint density at radius 3 is 2.17 bits per heavy atom. The Bertz CT molecular complexity index is 800. The molecular formula is C20H31N3O5S. The number of methoxy groups -OCH3 is 1. The molecule has 1 N–H and O–H groups in total. The lowest BCUT2D eigenvalue weighted by atomic mass is 10.0. The lowest BCUT2D eigenvalue weighted by molar-refractivity contribution is -0.136. The van der Waals surface area contributed by atoms with Crippen LogP contribution in [0, 0.1) is 5.92 Å². The Balaban J connectivity index is 1.94. The van der Waals surface area contributed by atoms with Gasteiger partial charge in [0.25, 0.3) is 5.91 Å². The van der Waals surface area contributed by atoms with Gasteiger partial charge < -0.3 is 15.0 Å². The van der Waals surface area contributed by atoms with Crippen LogP contribution in [0.5, 0.6) is 5.75 Å². The lowest BCUT2D eigenvalue weighted by Gasteiger charge is -2.37. The molecule has 1 fully saturated rings. The average molecular weight is 426 g/mol. The predicted octanol–water partition coefficient (Wildman–Crippen LogP) is 0.638. The van der Waals surface area contributed by atoms with Gasteiger partial charge in [-0.05, 0) is 30.2 Å². The fourth-order valence-electron chi connectivity index (χ4n) is 3.16. The van der Waals surface area contributed by atoms with Crippen LogP contribution in [-0.4, -0.2) is 87.9 Å². The van der Waals surface area contributed by atoms with Crippen LogP contribution in [0.1, 0.15) is 24.2 Å². The SMILES string of the molecule is COc1ccc(C(=O)NC(C(=O)N2CCN(CCS(C)(=O)=O)CC2)C(C)C)cc1. The number of carbonyl (C=O) groups is 2. The van der Waals surface area contributed by atoms with Crippen molar-refractivity contribution in [3.63, 3.8) is 0 Å². The first-order valence-corrected chi connectivity index (χ1v) is 11.8. The molecule has 9 heteroatoms. The van der Waals surface area contributed by atoms with Crippen LogP contribution in [0.25, 0.3) is 0 Å². The summed E-state index contributed by atoms with van der Waals surface area (Å²) in [6, 6.07) is 6.12. The number of benzene rings is 1. The molecule has 8 nitrogen and oxygen atoms in total. The minimum Gasteiger partial charge on any atom is -0.497 e. The van der Waals surface area contributed by atoms with Crippen molar-refractivity contribution >= 4 is 21.7 Å². The fraction of sp³-hybridized carbons (Fsp3) is 0.600. The highest BCUT2D eigenvalue weighted by atomic mass is 32.2. The van der Waals surface area contributed by atoms with Crippen molar-refractivity contribution < 1.29 is 22.7 Å². The zero-order valence-electron chi connectivity index (χ0n) is 17.6. The van der Waals surface area contributed by atoms with E-state index in [1.54, 1.807) is 36.3 Å². The number of rotatable bonds is 8. The maximum Gasteiger partial charge on any atom is 0.251 e. The smallest absolute Gasteiger partial charge is 0.251 e. The van der Waals surface area contributed by atoms with Gasteiger partial charge >= 0.3 is 0 Å². The third-order valence-electron chi connectivity index (χ3n) is 5.03. The second-order valence-electron chi connectivity index (χ2n) is 7.72. The highest BCUT2D eigenvalue weighted by Crippen LogP contribution is 2.14. The van der Waals surface area contributed by atoms with E-state index in [1.807, 2.05) is 18.7 Å². The maximum absolute atomic E-state index is 13.0. The number of nitrogens with zero attached hydrogens (tertiary/aromatic N) is 2. The van der Waals surface area contributed by atoms with Gasteiger partial charge in [-0.25, -0.2) is 8.42 Å². The van der Waals surface area contributed by atoms with Crippen molar-refractivity contribution in [1.82, 2.24) is 15.1 Å². The van der Waals surface area contributed by atoms with Crippen LogP contribution in [-0.2, 0) is 14.6 Å². The highest BCUT2D eigenvalue weighted by Gasteiger charge is 2.31. The van der Waals surface area contributed by atoms with Crippen LogP contribution >= 0.6 is 0 Å². The second-order valence-corrected chi connectivity index (χ2v) is 9.98. The van der Waals surface area contributed by atoms with Gasteiger partial charge in [0.15, 0.2) is 0 Å². The van der Waals surface area contributed by atoms with E-state index < -0.39 is 15.9 Å². The van der Waals surface area contributed by atoms with Crippen molar-refractivity contribution in [3.05, 3.63) is 29.8 Å². The molecule has 0 radical (unpaired) electrons. The van der Waals surface area contributed by atoms with Gasteiger partial charge in [0.2, 0.25) is 5.91 Å². The molecule has 2 amide bonds. The molecule has 29 heavy (non-hydrogen) atoms. The number of amides is 2. The van der Waals surface area contributed by atoms with Crippen molar-refractivity contribution in [2.45, 2.75) is 19.9 Å². The van der Waals surface area contributed by atoms with Gasteiger partial charge in [-0.3, -0.25) is 14.5 Å². The number of hydrogen-bond donors (Lipinski definition) is 1. The van der Waals surface area contributed by atoms with Crippen molar-refractivity contribution in [3.8, 4) is 5.75 Å². The summed E-state index contributed by atoms with van der Waals surface area (Å²) in [5.41, 5.74) is 0.467. The maximum atomic E-state index is 13.0. The summed E-state index contributed by atoms with van der Waals surface area (Å²) in [6.45, 7) is 6.56. The van der Waals surface area contributed by atoms with E-state index in [2.05, 4.69) is 5.32 Å². The zero-order chi connectivity index (χ0) is 21.6. The minimum atomic E-state index is -3.00. The molecule has 0 bridgehead atoms. The molecule has 2 rings (SSSR count). The van der Waals surface area contributed by atoms with Crippen LogP contribution in [0.15, 0.2) is 24.3 Å². The summed E-state index contributed by atoms with van der Waals surface area (Å²) < 4.78 is 27.8. The number of hydrogen-bond acceptors (Lipinski definition) is 6. The molecule has 1 aromatic rings. The molecule has 1 aliphatic heterocycles. The van der Waals surface area contributed by atoms with Gasteiger partial charge in [0.05, 0.1) is 12.9 Å². The molecular weight excluding hydrogens is 394 g/mol. The predicted molar refractivity (Wildman–Crippen MR) is 112 cm³/mol. The number of piperazine rings is 1. The van der Waals surface area contributed by atoms with E-state index in [-0.39, 0.29) is 23.5 Å². The standard InChI is InChI=1S/C20H31N3O5S/c1-15(2)18(21-19(24)16-5-7-17(28-3)8-6-16)20(25)23-11-9-22(10-12-23)13-14-29(4,26)27/h5-8,15,18H,9-14H2,1-4H3,(H,21,24). The average Bonchev–Trinajstić information content (AvgIpc) is 2.69. The van der Waals surface area contributed by atoms with Crippen molar-refractivity contribution in [2.24, 2.45) is 5.92 Å². The third-order valence-corrected chi connectivity index (χ3v) is 5.96. The first-order valence-electron chi connectivity index (χ1n) is 9.74. The zero-order valence-corrected chi connectivity index (χ0v) is 18.4. The quantitative estimate of drug-likeness (QED) is 0.657. The lowest BCUT2D eigenvalue weighted by Crippen LogP contribution is -2.56. The summed E-state index contributed by atoms with van der Waals surface area (Å²) in [4.78, 5) is 29.4. The van der Waals surface area contributed by atoms with Crippen LogP contribution in [0.2, 0.25) is 0 Å². The number of ether oxygens (including phenoxy) is 1. The summed E-state index contributed by atoms with van der Waals surface area (Å²) in [6.07, 6.45) is 1.23. The number of carbonyl (C=O) groups excluding carboxylic acids is 2. The molecule has 1 aliphatic rings. The Kier molecular flexibility index (Phi) is 8.04. The van der Waals surface area contributed by atoms with Gasteiger partial charge in [-0.15, -0.1) is 0 Å². The summed E-state index contributed by atoms with van der Waals surface area (Å²) in [5.74, 6) is 0.309. The van der Waals surface area contributed by atoms with Crippen LogP contribution in [0.4, 0.5) is 0 Å². The Labute approximate surface area is 173 Å². The summed E-state index contributed by atoms with van der Waals surface area (Å²) >= 11 is 0. The Morgan fingerprint density at radius 2 is 1.69 bits per heavy atom. The van der Waals surface area contributed by atoms with E-state index in [0.717, 1.165) is 0 Å². The first-order chi connectivity index (χ1) is 13.6. The van der Waals surface area contributed by atoms with Gasteiger partial charge in [-0.1, -0.05) is 13.8 Å². The van der Waals surface area contributed by atoms with E-state index in [0.29, 0.717) is 44.0 Å². The van der Waals surface area contributed by atoms with Crippen molar-refractivity contribution in [2.75, 3.05) is 51.8 Å². The largest absolute Gasteiger partial charge is 0.497 e. The van der Waals surface area contributed by atoms with E-state index in [9.17, 15) is 18.0 Å². The fourth-order valence-corrected chi connectivity index (χ4v) is 3.75. The van der Waals surface area contributed by atoms with Gasteiger partial charge in [0.1, 0.15) is 21.6 Å². The number of nitrogens with one attached hydrogen (secondary N) is 1. The van der Waals surface area contributed by atoms with E-state index in [1.165, 1.54) is 6.26 Å². The van der Waals surface area contributed by atoms with Gasteiger partial charge in [0, 0.05) is 44.5 Å². The number of sulfone groups is 1. The summed E-state index contributed by atoms with van der Waals surface area (Å²) in [7, 11) is -1.44. The van der Waals surface area contributed by atoms with Gasteiger partial charge in [-0.2, -0.15) is 0 Å². The molecule has 0 aliphatic carbocycles. The van der Waals surface area contributed by atoms with E-state index >= 15 is 0 Å². The topological polar surface area (TPSA) is 96.0 Å². The molecule has 0 spiro atoms. The molecule has 1 saturated heterocycles. The molecule has 0 saturated carbocycles. The second kappa shape index (κ2) is 10.1. The van der Waals surface area contributed by atoms with E-state index in [4.69, 9.17) is 4.74 Å². The van der Waals surface area contributed by atoms with Crippen LogP contribution in [0.3, 0.4) is 0 Å². The first kappa shape index (κ1) is 23.2. The molecule has 0 aromatic heterocycles. The third kappa shape index (κ3) is 7.01. The highest BCUT2D eigenvalue weighted by molar-refractivity contribution is 7.90. The summed E-state index contributed by atoms with van der Waals surface area (Å²) in [5, 5.41) is 2.86. The Morgan fingerprint density at radius 1 is 1.10 bits per heavy atom. The Hall–Kier alpha value is -2.13. The molecule has 1 atom stereocenters.